The van der Waals surface area contributed by atoms with Crippen molar-refractivity contribution in [3.8, 4) is 5.88 Å². The number of hydrogen-bond acceptors (Lipinski definition) is 6. The molecule has 1 heterocycles. The fourth-order valence-corrected chi connectivity index (χ4v) is 2.41. The number of rotatable bonds is 4. The summed E-state index contributed by atoms with van der Waals surface area (Å²) in [5.41, 5.74) is 0.282. The Morgan fingerprint density at radius 1 is 1.35 bits per heavy atom. The van der Waals surface area contributed by atoms with Gasteiger partial charge < -0.3 is 19.9 Å². The summed E-state index contributed by atoms with van der Waals surface area (Å²) in [6.07, 6.45) is 3.49. The van der Waals surface area contributed by atoms with E-state index in [0.717, 1.165) is 25.7 Å². The quantitative estimate of drug-likeness (QED) is 0.815. The van der Waals surface area contributed by atoms with Crippen molar-refractivity contribution in [3.05, 3.63) is 17.7 Å². The largest absolute Gasteiger partial charge is 0.480 e. The first kappa shape index (κ1) is 14.6. The number of aliphatic hydroxyl groups excluding tert-OH is 1. The number of esters is 1. The zero-order valence-electron chi connectivity index (χ0n) is 11.8. The van der Waals surface area contributed by atoms with Crippen LogP contribution in [-0.4, -0.2) is 42.4 Å². The highest BCUT2D eigenvalue weighted by Gasteiger charge is 2.23. The van der Waals surface area contributed by atoms with E-state index in [9.17, 15) is 9.90 Å². The zero-order valence-corrected chi connectivity index (χ0v) is 11.8. The molecule has 1 fully saturated rings. The number of ether oxygens (including phenoxy) is 2. The second-order valence-corrected chi connectivity index (χ2v) is 4.85. The van der Waals surface area contributed by atoms with E-state index in [2.05, 4.69) is 15.0 Å². The topological polar surface area (TPSA) is 80.7 Å². The Morgan fingerprint density at radius 2 is 2.10 bits per heavy atom. The van der Waals surface area contributed by atoms with Crippen LogP contribution in [-0.2, 0) is 4.74 Å². The minimum atomic E-state index is -0.487. The number of aromatic nitrogens is 1. The van der Waals surface area contributed by atoms with E-state index in [1.54, 1.807) is 12.1 Å². The van der Waals surface area contributed by atoms with E-state index in [-0.39, 0.29) is 23.6 Å². The molecule has 1 aromatic heterocycles. The Bertz CT molecular complexity index is 478. The number of carbonyl (C=O) groups excluding carboxylic acids is 1. The van der Waals surface area contributed by atoms with Crippen molar-refractivity contribution in [2.75, 3.05) is 19.5 Å². The molecule has 110 valence electrons. The third-order valence-corrected chi connectivity index (χ3v) is 3.52. The lowest BCUT2D eigenvalue weighted by Crippen LogP contribution is -2.36. The molecule has 1 aliphatic rings. The summed E-state index contributed by atoms with van der Waals surface area (Å²) >= 11 is 0. The minimum Gasteiger partial charge on any atom is -0.480 e. The number of anilines is 1. The van der Waals surface area contributed by atoms with Crippen molar-refractivity contribution in [2.24, 2.45) is 0 Å². The van der Waals surface area contributed by atoms with Crippen molar-refractivity contribution in [2.45, 2.75) is 37.8 Å². The maximum Gasteiger partial charge on any atom is 0.343 e. The van der Waals surface area contributed by atoms with Gasteiger partial charge >= 0.3 is 5.97 Å². The number of methoxy groups -OCH3 is 2. The summed E-state index contributed by atoms with van der Waals surface area (Å²) in [5, 5.41) is 13.1. The van der Waals surface area contributed by atoms with Gasteiger partial charge in [0.25, 0.3) is 0 Å². The molecule has 0 bridgehead atoms. The van der Waals surface area contributed by atoms with E-state index in [0.29, 0.717) is 5.82 Å². The lowest BCUT2D eigenvalue weighted by Gasteiger charge is -2.28. The van der Waals surface area contributed by atoms with Crippen LogP contribution >= 0.6 is 0 Å². The van der Waals surface area contributed by atoms with Crippen molar-refractivity contribution in [3.63, 3.8) is 0 Å². The van der Waals surface area contributed by atoms with Gasteiger partial charge in [-0.15, -0.1) is 0 Å². The maximum atomic E-state index is 11.5. The molecule has 2 N–H and O–H groups in total. The van der Waals surface area contributed by atoms with Gasteiger partial charge in [-0.3, -0.25) is 0 Å². The summed E-state index contributed by atoms with van der Waals surface area (Å²) in [7, 11) is 2.76. The first-order chi connectivity index (χ1) is 9.65. The van der Waals surface area contributed by atoms with Gasteiger partial charge in [-0.2, -0.15) is 4.98 Å². The van der Waals surface area contributed by atoms with Gasteiger partial charge in [0.1, 0.15) is 11.4 Å². The van der Waals surface area contributed by atoms with Crippen LogP contribution in [0, 0.1) is 0 Å². The number of pyridine rings is 1. The predicted molar refractivity (Wildman–Crippen MR) is 74.0 cm³/mol. The SMILES string of the molecule is COC(=O)c1ccc(N[C@H]2CCCC[C@@H]2O)nc1OC. The van der Waals surface area contributed by atoms with Gasteiger partial charge in [0.15, 0.2) is 0 Å². The molecule has 0 spiro atoms. The Hall–Kier alpha value is -1.82. The van der Waals surface area contributed by atoms with Crippen LogP contribution in [0.4, 0.5) is 5.82 Å². The second-order valence-electron chi connectivity index (χ2n) is 4.85. The van der Waals surface area contributed by atoms with E-state index in [1.165, 1.54) is 14.2 Å². The first-order valence-corrected chi connectivity index (χ1v) is 6.73. The van der Waals surface area contributed by atoms with E-state index in [1.807, 2.05) is 0 Å². The van der Waals surface area contributed by atoms with E-state index in [4.69, 9.17) is 4.74 Å². The van der Waals surface area contributed by atoms with Crippen molar-refractivity contribution in [1.82, 2.24) is 4.98 Å². The molecule has 6 nitrogen and oxygen atoms in total. The molecule has 1 saturated carbocycles. The molecule has 6 heteroatoms. The number of hydrogen-bond donors (Lipinski definition) is 2. The molecule has 1 aromatic rings. The Morgan fingerprint density at radius 3 is 2.75 bits per heavy atom. The molecule has 0 amide bonds. The fourth-order valence-electron chi connectivity index (χ4n) is 2.41. The number of nitrogens with zero attached hydrogens (tertiary/aromatic N) is 1. The summed E-state index contributed by atoms with van der Waals surface area (Å²) < 4.78 is 9.78. The molecule has 1 aliphatic carbocycles. The molecular weight excluding hydrogens is 260 g/mol. The zero-order chi connectivity index (χ0) is 14.5. The van der Waals surface area contributed by atoms with Gasteiger partial charge in [-0.05, 0) is 25.0 Å². The van der Waals surface area contributed by atoms with Crippen LogP contribution < -0.4 is 10.1 Å². The highest BCUT2D eigenvalue weighted by atomic mass is 16.5. The second kappa shape index (κ2) is 6.56. The monoisotopic (exact) mass is 280 g/mol. The van der Waals surface area contributed by atoms with Crippen molar-refractivity contribution in [1.29, 1.82) is 0 Å². The average molecular weight is 280 g/mol. The lowest BCUT2D eigenvalue weighted by molar-refractivity contribution is 0.0596. The Labute approximate surface area is 118 Å². The summed E-state index contributed by atoms with van der Waals surface area (Å²) in [5.74, 6) is 0.311. The van der Waals surface area contributed by atoms with Crippen LogP contribution in [0.1, 0.15) is 36.0 Å². The maximum absolute atomic E-state index is 11.5. The number of carbonyl (C=O) groups is 1. The summed E-state index contributed by atoms with van der Waals surface area (Å²) in [4.78, 5) is 15.8. The highest BCUT2D eigenvalue weighted by molar-refractivity contribution is 5.92. The third-order valence-electron chi connectivity index (χ3n) is 3.52. The Kier molecular flexibility index (Phi) is 4.79. The number of nitrogens with one attached hydrogen (secondary N) is 1. The van der Waals surface area contributed by atoms with E-state index >= 15 is 0 Å². The average Bonchev–Trinajstić information content (AvgIpc) is 2.48. The van der Waals surface area contributed by atoms with Crippen LogP contribution in [0.2, 0.25) is 0 Å². The van der Waals surface area contributed by atoms with Gasteiger partial charge in [-0.25, -0.2) is 4.79 Å². The minimum absolute atomic E-state index is 0.00932. The predicted octanol–water partition coefficient (Wildman–Crippen LogP) is 1.59. The summed E-state index contributed by atoms with van der Waals surface area (Å²) in [6.45, 7) is 0. The Balaban J connectivity index is 2.14. The first-order valence-electron chi connectivity index (χ1n) is 6.73. The number of aliphatic hydroxyl groups is 1. The van der Waals surface area contributed by atoms with Crippen LogP contribution in [0.15, 0.2) is 12.1 Å². The van der Waals surface area contributed by atoms with Gasteiger partial charge in [0.2, 0.25) is 5.88 Å². The van der Waals surface area contributed by atoms with Gasteiger partial charge in [-0.1, -0.05) is 12.8 Å². The normalized spacial score (nSPS) is 22.1. The molecule has 0 aliphatic heterocycles. The standard InChI is InChI=1S/C14H20N2O4/c1-19-13-9(14(18)20-2)7-8-12(16-13)15-10-5-3-4-6-11(10)17/h7-8,10-11,17H,3-6H2,1-2H3,(H,15,16)/t10-,11-/m0/s1. The fraction of sp³-hybridized carbons (Fsp3) is 0.571. The highest BCUT2D eigenvalue weighted by Crippen LogP contribution is 2.24. The molecule has 0 radical (unpaired) electrons. The van der Waals surface area contributed by atoms with Gasteiger partial charge in [0, 0.05) is 0 Å². The molecule has 0 saturated heterocycles. The smallest absolute Gasteiger partial charge is 0.343 e. The van der Waals surface area contributed by atoms with Crippen LogP contribution in [0.5, 0.6) is 5.88 Å². The van der Waals surface area contributed by atoms with E-state index < -0.39 is 5.97 Å². The lowest BCUT2D eigenvalue weighted by atomic mass is 9.92. The molecule has 0 unspecified atom stereocenters. The molecule has 2 rings (SSSR count). The third kappa shape index (κ3) is 3.19. The van der Waals surface area contributed by atoms with Crippen LogP contribution in [0.3, 0.4) is 0 Å². The van der Waals surface area contributed by atoms with Crippen LogP contribution in [0.25, 0.3) is 0 Å². The van der Waals surface area contributed by atoms with Crippen molar-refractivity contribution >= 4 is 11.8 Å². The molecular formula is C14H20N2O4. The molecule has 2 atom stereocenters. The molecule has 0 aromatic carbocycles. The van der Waals surface area contributed by atoms with Gasteiger partial charge in [0.05, 0.1) is 26.4 Å². The molecule has 20 heavy (non-hydrogen) atoms. The summed E-state index contributed by atoms with van der Waals surface area (Å²) in [6, 6.07) is 3.29. The van der Waals surface area contributed by atoms with Crippen molar-refractivity contribution < 1.29 is 19.4 Å².